The second-order valence-electron chi connectivity index (χ2n) is 4.15. The van der Waals surface area contributed by atoms with Gasteiger partial charge in [0.2, 0.25) is 0 Å². The first-order chi connectivity index (χ1) is 10.1. The fraction of sp³-hybridized carbons (Fsp3) is 0. The van der Waals surface area contributed by atoms with Gasteiger partial charge in [-0.1, -0.05) is 17.7 Å². The highest BCUT2D eigenvalue weighted by Gasteiger charge is 2.13. The molecule has 2 rings (SSSR count). The van der Waals surface area contributed by atoms with Crippen molar-refractivity contribution in [2.24, 2.45) is 0 Å². The maximum absolute atomic E-state index is 12.1. The quantitative estimate of drug-likeness (QED) is 0.831. The lowest BCUT2D eigenvalue weighted by Crippen LogP contribution is -2.13. The van der Waals surface area contributed by atoms with Gasteiger partial charge in [0.1, 0.15) is 12.1 Å². The number of nitrogens with two attached hydrogens (primary N) is 1. The Morgan fingerprint density at radius 2 is 1.86 bits per heavy atom. The maximum Gasteiger partial charge on any atom is 0.257 e. The van der Waals surface area contributed by atoms with E-state index in [1.54, 1.807) is 18.2 Å². The van der Waals surface area contributed by atoms with Crippen LogP contribution >= 0.6 is 11.6 Å². The Balaban J connectivity index is 2.31. The lowest BCUT2D eigenvalue weighted by molar-refractivity contribution is 0.102. The molecule has 1 amide bonds. The zero-order valence-electron chi connectivity index (χ0n) is 10.7. The van der Waals surface area contributed by atoms with Crippen molar-refractivity contribution >= 4 is 28.9 Å². The number of nitrogen functional groups attached to an aromatic ring is 1. The molecule has 0 heterocycles. The molecule has 0 aliphatic heterocycles. The van der Waals surface area contributed by atoms with E-state index in [0.717, 1.165) is 0 Å². The topological polar surface area (TPSA) is 103 Å². The minimum absolute atomic E-state index is 0.171. The van der Waals surface area contributed by atoms with Crippen molar-refractivity contribution in [2.75, 3.05) is 11.1 Å². The van der Waals surface area contributed by atoms with Crippen molar-refractivity contribution in [3.05, 3.63) is 58.1 Å². The van der Waals surface area contributed by atoms with Crippen LogP contribution < -0.4 is 11.1 Å². The molecule has 2 aromatic rings. The molecule has 0 aliphatic rings. The van der Waals surface area contributed by atoms with E-state index in [9.17, 15) is 4.79 Å². The number of benzene rings is 2. The summed E-state index contributed by atoms with van der Waals surface area (Å²) in [5.41, 5.74) is 7.02. The fourth-order valence-electron chi connectivity index (χ4n) is 1.74. The predicted molar refractivity (Wildman–Crippen MR) is 79.7 cm³/mol. The summed E-state index contributed by atoms with van der Waals surface area (Å²) in [4.78, 5) is 12.1. The summed E-state index contributed by atoms with van der Waals surface area (Å²) in [6, 6.07) is 13.0. The van der Waals surface area contributed by atoms with Gasteiger partial charge < -0.3 is 11.1 Å². The van der Waals surface area contributed by atoms with Crippen molar-refractivity contribution in [3.8, 4) is 12.1 Å². The third kappa shape index (κ3) is 2.94. The van der Waals surface area contributed by atoms with Gasteiger partial charge in [-0.25, -0.2) is 0 Å². The lowest BCUT2D eigenvalue weighted by Gasteiger charge is -2.08. The number of carbonyl (C=O) groups excluding carboxylic acids is 1. The summed E-state index contributed by atoms with van der Waals surface area (Å²) in [5.74, 6) is -0.444. The zero-order valence-corrected chi connectivity index (χ0v) is 11.5. The van der Waals surface area contributed by atoms with Gasteiger partial charge in [0.15, 0.2) is 0 Å². The minimum Gasteiger partial charge on any atom is -0.398 e. The third-order valence-corrected chi connectivity index (χ3v) is 3.21. The van der Waals surface area contributed by atoms with Crippen molar-refractivity contribution < 1.29 is 4.79 Å². The molecule has 5 nitrogen and oxygen atoms in total. The number of nitrogens with one attached hydrogen (secondary N) is 1. The predicted octanol–water partition coefficient (Wildman–Crippen LogP) is 2.92. The molecule has 0 unspecified atom stereocenters. The Hall–Kier alpha value is -3.02. The summed E-state index contributed by atoms with van der Waals surface area (Å²) < 4.78 is 0. The summed E-state index contributed by atoms with van der Waals surface area (Å²) in [6.07, 6.45) is 0. The number of amides is 1. The molecular weight excluding hydrogens is 288 g/mol. The van der Waals surface area contributed by atoms with Crippen LogP contribution in [0.1, 0.15) is 21.5 Å². The van der Waals surface area contributed by atoms with Gasteiger partial charge in [0.25, 0.3) is 5.91 Å². The fourth-order valence-corrected chi connectivity index (χ4v) is 1.95. The number of rotatable bonds is 2. The molecular formula is C15H9ClN4O. The van der Waals surface area contributed by atoms with Crippen LogP contribution in [0.4, 0.5) is 11.4 Å². The molecule has 0 saturated carbocycles. The summed E-state index contributed by atoms with van der Waals surface area (Å²) in [5, 5.41) is 20.6. The van der Waals surface area contributed by atoms with Crippen LogP contribution in [0, 0.1) is 22.7 Å². The monoisotopic (exact) mass is 296 g/mol. The van der Waals surface area contributed by atoms with E-state index >= 15 is 0 Å². The number of anilines is 2. The summed E-state index contributed by atoms with van der Waals surface area (Å²) in [6.45, 7) is 0. The van der Waals surface area contributed by atoms with E-state index in [-0.39, 0.29) is 21.7 Å². The molecule has 0 fully saturated rings. The number of hydrogen-bond acceptors (Lipinski definition) is 4. The molecule has 0 atom stereocenters. The highest BCUT2D eigenvalue weighted by Crippen LogP contribution is 2.24. The first-order valence-electron chi connectivity index (χ1n) is 5.86. The second-order valence-corrected chi connectivity index (χ2v) is 4.52. The van der Waals surface area contributed by atoms with Crippen LogP contribution in [0.2, 0.25) is 5.02 Å². The van der Waals surface area contributed by atoms with Crippen molar-refractivity contribution in [1.29, 1.82) is 10.5 Å². The van der Waals surface area contributed by atoms with E-state index in [1.165, 1.54) is 18.2 Å². The SMILES string of the molecule is N#Cc1ccc(NC(=O)c2cccc(N)c2Cl)cc1C#N. The van der Waals surface area contributed by atoms with Gasteiger partial charge in [-0.05, 0) is 30.3 Å². The molecule has 0 radical (unpaired) electrons. The number of nitrogens with zero attached hydrogens (tertiary/aromatic N) is 2. The van der Waals surface area contributed by atoms with Crippen LogP contribution in [0.3, 0.4) is 0 Å². The van der Waals surface area contributed by atoms with Gasteiger partial charge in [-0.3, -0.25) is 4.79 Å². The van der Waals surface area contributed by atoms with Crippen LogP contribution in [0.15, 0.2) is 36.4 Å². The van der Waals surface area contributed by atoms with E-state index in [1.807, 2.05) is 12.1 Å². The highest BCUT2D eigenvalue weighted by molar-refractivity contribution is 6.36. The minimum atomic E-state index is -0.444. The first-order valence-corrected chi connectivity index (χ1v) is 6.24. The van der Waals surface area contributed by atoms with Gasteiger partial charge in [0.05, 0.1) is 27.4 Å². The Bertz CT molecular complexity index is 802. The lowest BCUT2D eigenvalue weighted by atomic mass is 10.1. The number of halogens is 1. The van der Waals surface area contributed by atoms with Crippen LogP contribution in [-0.2, 0) is 0 Å². The number of nitriles is 2. The highest BCUT2D eigenvalue weighted by atomic mass is 35.5. The third-order valence-electron chi connectivity index (χ3n) is 2.79. The molecule has 0 saturated heterocycles. The van der Waals surface area contributed by atoms with E-state index in [0.29, 0.717) is 11.4 Å². The Labute approximate surface area is 126 Å². The molecule has 0 spiro atoms. The van der Waals surface area contributed by atoms with Crippen molar-refractivity contribution in [3.63, 3.8) is 0 Å². The maximum atomic E-state index is 12.1. The van der Waals surface area contributed by atoms with Crippen molar-refractivity contribution in [2.45, 2.75) is 0 Å². The Morgan fingerprint density at radius 3 is 2.52 bits per heavy atom. The van der Waals surface area contributed by atoms with Crippen LogP contribution in [-0.4, -0.2) is 5.91 Å². The summed E-state index contributed by atoms with van der Waals surface area (Å²) in [7, 11) is 0. The second kappa shape index (κ2) is 5.96. The zero-order chi connectivity index (χ0) is 15.4. The molecule has 3 N–H and O–H groups in total. The molecule has 102 valence electrons. The van der Waals surface area contributed by atoms with E-state index in [4.69, 9.17) is 27.9 Å². The van der Waals surface area contributed by atoms with E-state index < -0.39 is 5.91 Å². The van der Waals surface area contributed by atoms with Gasteiger partial charge >= 0.3 is 0 Å². The van der Waals surface area contributed by atoms with Crippen LogP contribution in [0.25, 0.3) is 0 Å². The average molecular weight is 297 g/mol. The van der Waals surface area contributed by atoms with Gasteiger partial charge in [-0.15, -0.1) is 0 Å². The molecule has 6 heteroatoms. The molecule has 0 aromatic heterocycles. The van der Waals surface area contributed by atoms with Crippen molar-refractivity contribution in [1.82, 2.24) is 0 Å². The summed E-state index contributed by atoms with van der Waals surface area (Å²) >= 11 is 5.98. The molecule has 21 heavy (non-hydrogen) atoms. The van der Waals surface area contributed by atoms with Crippen LogP contribution in [0.5, 0.6) is 0 Å². The smallest absolute Gasteiger partial charge is 0.257 e. The largest absolute Gasteiger partial charge is 0.398 e. The number of hydrogen-bond donors (Lipinski definition) is 2. The van der Waals surface area contributed by atoms with Gasteiger partial charge in [0, 0.05) is 5.69 Å². The standard InChI is InChI=1S/C15H9ClN4O/c16-14-12(2-1-3-13(14)19)15(21)20-11-5-4-9(7-17)10(6-11)8-18/h1-6H,19H2,(H,20,21). The Kier molecular flexibility index (Phi) is 4.08. The normalized spacial score (nSPS) is 9.48. The van der Waals surface area contributed by atoms with Gasteiger partial charge in [-0.2, -0.15) is 10.5 Å². The first kappa shape index (κ1) is 14.4. The van der Waals surface area contributed by atoms with E-state index in [2.05, 4.69) is 5.32 Å². The number of carbonyl (C=O) groups is 1. The Morgan fingerprint density at radius 1 is 1.14 bits per heavy atom. The molecule has 0 bridgehead atoms. The molecule has 2 aromatic carbocycles. The average Bonchev–Trinajstić information content (AvgIpc) is 2.49. The molecule has 0 aliphatic carbocycles.